The van der Waals surface area contributed by atoms with E-state index in [1.807, 2.05) is 12.3 Å². The first kappa shape index (κ1) is 15.1. The van der Waals surface area contributed by atoms with Crippen LogP contribution in [0.2, 0.25) is 0 Å². The van der Waals surface area contributed by atoms with Gasteiger partial charge in [-0.3, -0.25) is 9.48 Å². The maximum absolute atomic E-state index is 12.6. The Hall–Kier alpha value is -1.85. The molecule has 3 rings (SSSR count). The molecule has 1 amide bonds. The summed E-state index contributed by atoms with van der Waals surface area (Å²) in [6, 6.07) is 1.38. The van der Waals surface area contributed by atoms with Crippen LogP contribution in [-0.4, -0.2) is 43.7 Å². The zero-order valence-electron chi connectivity index (χ0n) is 12.7. The standard InChI is InChI=1S/C16H23N3O3/c20-15(7-3-9-18-10-4-8-17-18)19-13-6-2-1-5-12(13)11-14(19)16(21)22/h4,8,10,12-14H,1-3,5-7,9,11H2,(H,21,22). The van der Waals surface area contributed by atoms with Gasteiger partial charge in [-0.05, 0) is 37.7 Å². The number of carbonyl (C=O) groups excluding carboxylic acids is 1. The van der Waals surface area contributed by atoms with Crippen molar-refractivity contribution < 1.29 is 14.7 Å². The Labute approximate surface area is 130 Å². The van der Waals surface area contributed by atoms with Gasteiger partial charge in [0.25, 0.3) is 0 Å². The number of aromatic nitrogens is 2. The van der Waals surface area contributed by atoms with Crippen LogP contribution in [0.3, 0.4) is 0 Å². The Bertz CT molecular complexity index is 529. The summed E-state index contributed by atoms with van der Waals surface area (Å²) in [7, 11) is 0. The van der Waals surface area contributed by atoms with E-state index in [4.69, 9.17) is 0 Å². The minimum absolute atomic E-state index is 0.00560. The van der Waals surface area contributed by atoms with Crippen LogP contribution in [-0.2, 0) is 16.1 Å². The third kappa shape index (κ3) is 3.00. The fourth-order valence-corrected chi connectivity index (χ4v) is 3.99. The maximum atomic E-state index is 12.6. The monoisotopic (exact) mass is 305 g/mol. The normalized spacial score (nSPS) is 27.6. The summed E-state index contributed by atoms with van der Waals surface area (Å²) in [5.41, 5.74) is 0. The van der Waals surface area contributed by atoms with E-state index in [0.29, 0.717) is 31.7 Å². The maximum Gasteiger partial charge on any atom is 0.326 e. The number of hydrogen-bond donors (Lipinski definition) is 1. The van der Waals surface area contributed by atoms with Crippen molar-refractivity contribution in [1.82, 2.24) is 14.7 Å². The average Bonchev–Trinajstić information content (AvgIpc) is 3.13. The number of aryl methyl sites for hydroxylation is 1. The van der Waals surface area contributed by atoms with Gasteiger partial charge >= 0.3 is 5.97 Å². The quantitative estimate of drug-likeness (QED) is 0.901. The molecule has 2 fully saturated rings. The number of amides is 1. The van der Waals surface area contributed by atoms with Crippen LogP contribution in [0.25, 0.3) is 0 Å². The van der Waals surface area contributed by atoms with Crippen LogP contribution in [0.1, 0.15) is 44.9 Å². The number of carboxylic acid groups (broad SMARTS) is 1. The second-order valence-corrected chi connectivity index (χ2v) is 6.38. The van der Waals surface area contributed by atoms with Crippen molar-refractivity contribution in [2.24, 2.45) is 5.92 Å². The van der Waals surface area contributed by atoms with Crippen LogP contribution in [0.4, 0.5) is 0 Å². The zero-order valence-corrected chi connectivity index (χ0v) is 12.7. The third-order valence-electron chi connectivity index (χ3n) is 5.00. The highest BCUT2D eigenvalue weighted by molar-refractivity contribution is 5.84. The van der Waals surface area contributed by atoms with Crippen LogP contribution in [0, 0.1) is 5.92 Å². The van der Waals surface area contributed by atoms with Gasteiger partial charge in [0.2, 0.25) is 5.91 Å². The van der Waals surface area contributed by atoms with Crippen LogP contribution >= 0.6 is 0 Å². The van der Waals surface area contributed by atoms with Gasteiger partial charge in [0.05, 0.1) is 0 Å². The number of fused-ring (bicyclic) bond motifs is 1. The fourth-order valence-electron chi connectivity index (χ4n) is 3.99. The van der Waals surface area contributed by atoms with Crippen LogP contribution in [0.15, 0.2) is 18.5 Å². The van der Waals surface area contributed by atoms with Gasteiger partial charge in [0.15, 0.2) is 0 Å². The summed E-state index contributed by atoms with van der Waals surface area (Å²) in [6.07, 6.45) is 9.59. The predicted octanol–water partition coefficient (Wildman–Crippen LogP) is 1.91. The van der Waals surface area contributed by atoms with Gasteiger partial charge in [-0.15, -0.1) is 0 Å². The van der Waals surface area contributed by atoms with Gasteiger partial charge in [-0.25, -0.2) is 4.79 Å². The summed E-state index contributed by atoms with van der Waals surface area (Å²) in [5.74, 6) is -0.478. The summed E-state index contributed by atoms with van der Waals surface area (Å²) < 4.78 is 1.80. The Morgan fingerprint density at radius 3 is 2.82 bits per heavy atom. The number of carboxylic acids is 1. The molecule has 1 aromatic heterocycles. The minimum atomic E-state index is -0.852. The summed E-state index contributed by atoms with van der Waals surface area (Å²) in [5, 5.41) is 13.6. The summed E-state index contributed by atoms with van der Waals surface area (Å²) >= 11 is 0. The molecular formula is C16H23N3O3. The van der Waals surface area contributed by atoms with E-state index in [0.717, 1.165) is 25.7 Å². The Morgan fingerprint density at radius 1 is 1.27 bits per heavy atom. The summed E-state index contributed by atoms with van der Waals surface area (Å²) in [6.45, 7) is 0.693. The van der Waals surface area contributed by atoms with E-state index in [9.17, 15) is 14.7 Å². The molecule has 1 aliphatic carbocycles. The topological polar surface area (TPSA) is 75.4 Å². The number of nitrogens with zero attached hydrogens (tertiary/aromatic N) is 3. The molecule has 2 heterocycles. The van der Waals surface area contributed by atoms with Crippen LogP contribution < -0.4 is 0 Å². The molecule has 1 aliphatic heterocycles. The molecule has 3 atom stereocenters. The van der Waals surface area contributed by atoms with Crippen molar-refractivity contribution >= 4 is 11.9 Å². The molecule has 0 bridgehead atoms. The predicted molar refractivity (Wildman–Crippen MR) is 80.1 cm³/mol. The van der Waals surface area contributed by atoms with E-state index in [2.05, 4.69) is 5.10 Å². The lowest BCUT2D eigenvalue weighted by molar-refractivity contribution is -0.150. The smallest absolute Gasteiger partial charge is 0.326 e. The molecule has 1 saturated heterocycles. The highest BCUT2D eigenvalue weighted by Gasteiger charge is 2.47. The van der Waals surface area contributed by atoms with E-state index in [1.54, 1.807) is 15.8 Å². The Morgan fingerprint density at radius 2 is 2.09 bits per heavy atom. The number of likely N-dealkylation sites (tertiary alicyclic amines) is 1. The van der Waals surface area contributed by atoms with Crippen LogP contribution in [0.5, 0.6) is 0 Å². The van der Waals surface area contributed by atoms with E-state index < -0.39 is 12.0 Å². The van der Waals surface area contributed by atoms with Gasteiger partial charge in [-0.1, -0.05) is 12.8 Å². The van der Waals surface area contributed by atoms with Crippen molar-refractivity contribution in [3.8, 4) is 0 Å². The molecule has 6 nitrogen and oxygen atoms in total. The van der Waals surface area contributed by atoms with Crippen molar-refractivity contribution in [2.75, 3.05) is 0 Å². The molecule has 0 radical (unpaired) electrons. The highest BCUT2D eigenvalue weighted by Crippen LogP contribution is 2.40. The zero-order chi connectivity index (χ0) is 15.5. The molecule has 1 saturated carbocycles. The molecule has 6 heteroatoms. The second-order valence-electron chi connectivity index (χ2n) is 6.38. The Kier molecular flexibility index (Phi) is 4.45. The fraction of sp³-hybridized carbons (Fsp3) is 0.688. The van der Waals surface area contributed by atoms with Crippen molar-refractivity contribution in [1.29, 1.82) is 0 Å². The lowest BCUT2D eigenvalue weighted by Gasteiger charge is -2.33. The van der Waals surface area contributed by atoms with E-state index in [1.165, 1.54) is 0 Å². The molecule has 2 aliphatic rings. The number of rotatable bonds is 5. The average molecular weight is 305 g/mol. The van der Waals surface area contributed by atoms with Crippen molar-refractivity contribution in [2.45, 2.75) is 63.6 Å². The lowest BCUT2D eigenvalue weighted by atomic mass is 9.84. The van der Waals surface area contributed by atoms with Crippen molar-refractivity contribution in [3.63, 3.8) is 0 Å². The molecule has 120 valence electrons. The number of aliphatic carboxylic acids is 1. The van der Waals surface area contributed by atoms with E-state index >= 15 is 0 Å². The molecular weight excluding hydrogens is 282 g/mol. The third-order valence-corrected chi connectivity index (χ3v) is 5.00. The molecule has 3 unspecified atom stereocenters. The van der Waals surface area contributed by atoms with Crippen molar-refractivity contribution in [3.05, 3.63) is 18.5 Å². The highest BCUT2D eigenvalue weighted by atomic mass is 16.4. The van der Waals surface area contributed by atoms with Gasteiger partial charge in [-0.2, -0.15) is 5.10 Å². The minimum Gasteiger partial charge on any atom is -0.480 e. The first-order chi connectivity index (χ1) is 10.7. The van der Waals surface area contributed by atoms with Gasteiger partial charge in [0.1, 0.15) is 6.04 Å². The first-order valence-corrected chi connectivity index (χ1v) is 8.18. The number of hydrogen-bond acceptors (Lipinski definition) is 3. The van der Waals surface area contributed by atoms with E-state index in [-0.39, 0.29) is 11.9 Å². The molecule has 22 heavy (non-hydrogen) atoms. The van der Waals surface area contributed by atoms with Gasteiger partial charge < -0.3 is 10.0 Å². The number of carbonyl (C=O) groups is 2. The van der Waals surface area contributed by atoms with Gasteiger partial charge in [0, 0.05) is 31.4 Å². The summed E-state index contributed by atoms with van der Waals surface area (Å²) in [4.78, 5) is 25.8. The molecule has 0 aromatic carbocycles. The SMILES string of the molecule is O=C(O)C1CC2CCCCC2N1C(=O)CCCn1cccn1. The molecule has 1 aromatic rings. The first-order valence-electron chi connectivity index (χ1n) is 8.18. The molecule has 1 N–H and O–H groups in total. The Balaban J connectivity index is 1.61. The largest absolute Gasteiger partial charge is 0.480 e. The molecule has 0 spiro atoms. The second kappa shape index (κ2) is 6.50. The lowest BCUT2D eigenvalue weighted by Crippen LogP contribution is -2.46.